The van der Waals surface area contributed by atoms with Gasteiger partial charge in [0.1, 0.15) is 5.75 Å². The van der Waals surface area contributed by atoms with E-state index in [0.717, 1.165) is 24.6 Å². The van der Waals surface area contributed by atoms with Crippen molar-refractivity contribution in [1.82, 2.24) is 4.90 Å². The number of ether oxygens (including phenoxy) is 1. The molecule has 1 aliphatic heterocycles. The van der Waals surface area contributed by atoms with Gasteiger partial charge in [-0.2, -0.15) is 0 Å². The third-order valence-corrected chi connectivity index (χ3v) is 3.73. The van der Waals surface area contributed by atoms with Crippen molar-refractivity contribution in [1.29, 1.82) is 0 Å². The fraction of sp³-hybridized carbons (Fsp3) is 0.562. The van der Waals surface area contributed by atoms with E-state index >= 15 is 0 Å². The van der Waals surface area contributed by atoms with Gasteiger partial charge in [-0.25, -0.2) is 4.79 Å². The lowest BCUT2D eigenvalue weighted by Gasteiger charge is -2.30. The van der Waals surface area contributed by atoms with Crippen molar-refractivity contribution in [2.45, 2.75) is 26.2 Å². The molecule has 4 heteroatoms. The van der Waals surface area contributed by atoms with Crippen LogP contribution in [0.2, 0.25) is 0 Å². The fourth-order valence-corrected chi connectivity index (χ4v) is 2.66. The predicted molar refractivity (Wildman–Crippen MR) is 78.4 cm³/mol. The number of carboxylic acids is 1. The summed E-state index contributed by atoms with van der Waals surface area (Å²) >= 11 is 0. The maximum Gasteiger partial charge on any atom is 0.335 e. The highest BCUT2D eigenvalue weighted by Crippen LogP contribution is 2.16. The monoisotopic (exact) mass is 277 g/mol. The maximum absolute atomic E-state index is 10.7. The lowest BCUT2D eigenvalue weighted by molar-refractivity contribution is 0.0697. The number of nitrogens with zero attached hydrogens (tertiary/aromatic N) is 1. The zero-order valence-electron chi connectivity index (χ0n) is 12.0. The summed E-state index contributed by atoms with van der Waals surface area (Å²) in [6.07, 6.45) is 3.66. The highest BCUT2D eigenvalue weighted by atomic mass is 16.5. The van der Waals surface area contributed by atoms with E-state index in [1.54, 1.807) is 24.3 Å². The van der Waals surface area contributed by atoms with Crippen LogP contribution >= 0.6 is 0 Å². The second-order valence-electron chi connectivity index (χ2n) is 5.58. The molecular formula is C16H23NO3. The van der Waals surface area contributed by atoms with Crippen molar-refractivity contribution in [2.75, 3.05) is 26.2 Å². The molecule has 0 amide bonds. The third kappa shape index (κ3) is 4.53. The first-order valence-electron chi connectivity index (χ1n) is 7.33. The summed E-state index contributed by atoms with van der Waals surface area (Å²) in [5, 5.41) is 8.81. The van der Waals surface area contributed by atoms with Crippen LogP contribution in [0.15, 0.2) is 24.3 Å². The van der Waals surface area contributed by atoms with Gasteiger partial charge in [-0.1, -0.05) is 6.92 Å². The molecule has 1 aliphatic rings. The predicted octanol–water partition coefficient (Wildman–Crippen LogP) is 2.89. The van der Waals surface area contributed by atoms with Crippen LogP contribution in [0, 0.1) is 5.92 Å². The van der Waals surface area contributed by atoms with Crippen molar-refractivity contribution in [3.05, 3.63) is 29.8 Å². The van der Waals surface area contributed by atoms with Gasteiger partial charge >= 0.3 is 5.97 Å². The van der Waals surface area contributed by atoms with Gasteiger partial charge in [0, 0.05) is 13.1 Å². The highest BCUT2D eigenvalue weighted by molar-refractivity contribution is 5.87. The normalized spacial score (nSPS) is 19.8. The van der Waals surface area contributed by atoms with Crippen molar-refractivity contribution in [3.8, 4) is 5.75 Å². The molecule has 2 rings (SSSR count). The zero-order valence-corrected chi connectivity index (χ0v) is 12.0. The minimum absolute atomic E-state index is 0.291. The second kappa shape index (κ2) is 7.29. The topological polar surface area (TPSA) is 49.8 Å². The molecule has 0 radical (unpaired) electrons. The van der Waals surface area contributed by atoms with Gasteiger partial charge in [-0.3, -0.25) is 0 Å². The second-order valence-corrected chi connectivity index (χ2v) is 5.58. The Labute approximate surface area is 120 Å². The molecule has 110 valence electrons. The summed E-state index contributed by atoms with van der Waals surface area (Å²) in [4.78, 5) is 13.2. The Morgan fingerprint density at radius 3 is 2.80 bits per heavy atom. The molecule has 1 heterocycles. The van der Waals surface area contributed by atoms with Crippen LogP contribution in [-0.4, -0.2) is 42.2 Å². The van der Waals surface area contributed by atoms with E-state index in [4.69, 9.17) is 9.84 Å². The largest absolute Gasteiger partial charge is 0.494 e. The minimum Gasteiger partial charge on any atom is -0.494 e. The van der Waals surface area contributed by atoms with Gasteiger partial charge in [-0.15, -0.1) is 0 Å². The summed E-state index contributed by atoms with van der Waals surface area (Å²) in [6.45, 7) is 6.48. The number of carbonyl (C=O) groups is 1. The molecule has 1 N–H and O–H groups in total. The Balaban J connectivity index is 1.66. The van der Waals surface area contributed by atoms with E-state index in [9.17, 15) is 4.79 Å². The molecule has 1 atom stereocenters. The van der Waals surface area contributed by atoms with Gasteiger partial charge < -0.3 is 14.7 Å². The van der Waals surface area contributed by atoms with Gasteiger partial charge in [0.25, 0.3) is 0 Å². The quantitative estimate of drug-likeness (QED) is 0.812. The van der Waals surface area contributed by atoms with Gasteiger partial charge in [0.15, 0.2) is 0 Å². The Bertz CT molecular complexity index is 430. The average Bonchev–Trinajstić information content (AvgIpc) is 2.44. The SMILES string of the molecule is C[C@@H]1CCCN(CCCOc2ccc(C(=O)O)cc2)C1. The molecule has 0 aliphatic carbocycles. The molecular weight excluding hydrogens is 254 g/mol. The minimum atomic E-state index is -0.907. The first kappa shape index (κ1) is 14.9. The molecule has 0 bridgehead atoms. The summed E-state index contributed by atoms with van der Waals surface area (Å²) in [6, 6.07) is 6.58. The molecule has 20 heavy (non-hydrogen) atoms. The Morgan fingerprint density at radius 2 is 2.15 bits per heavy atom. The number of hydrogen-bond donors (Lipinski definition) is 1. The lowest BCUT2D eigenvalue weighted by Crippen LogP contribution is -2.35. The Kier molecular flexibility index (Phi) is 5.41. The summed E-state index contributed by atoms with van der Waals surface area (Å²) in [7, 11) is 0. The van der Waals surface area contributed by atoms with Gasteiger partial charge in [0.2, 0.25) is 0 Å². The van der Waals surface area contributed by atoms with Crippen LogP contribution in [0.25, 0.3) is 0 Å². The number of piperidine rings is 1. The molecule has 0 aromatic heterocycles. The number of aromatic carboxylic acids is 1. The molecule has 4 nitrogen and oxygen atoms in total. The number of carboxylic acid groups (broad SMARTS) is 1. The van der Waals surface area contributed by atoms with E-state index < -0.39 is 5.97 Å². The third-order valence-electron chi connectivity index (χ3n) is 3.73. The average molecular weight is 277 g/mol. The summed E-state index contributed by atoms with van der Waals surface area (Å²) in [5.74, 6) is 0.644. The number of likely N-dealkylation sites (tertiary alicyclic amines) is 1. The van der Waals surface area contributed by atoms with E-state index in [1.165, 1.54) is 25.9 Å². The number of hydrogen-bond acceptors (Lipinski definition) is 3. The Hall–Kier alpha value is -1.55. The number of benzene rings is 1. The fourth-order valence-electron chi connectivity index (χ4n) is 2.66. The molecule has 1 saturated heterocycles. The first-order chi connectivity index (χ1) is 9.65. The van der Waals surface area contributed by atoms with Crippen LogP contribution in [0.1, 0.15) is 36.5 Å². The number of rotatable bonds is 6. The van der Waals surface area contributed by atoms with Crippen LogP contribution in [-0.2, 0) is 0 Å². The van der Waals surface area contributed by atoms with Crippen LogP contribution in [0.4, 0.5) is 0 Å². The summed E-state index contributed by atoms with van der Waals surface area (Å²) in [5.41, 5.74) is 0.291. The molecule has 0 unspecified atom stereocenters. The van der Waals surface area contributed by atoms with Gasteiger partial charge in [-0.05, 0) is 56.0 Å². The molecule has 1 aromatic carbocycles. The summed E-state index contributed by atoms with van der Waals surface area (Å²) < 4.78 is 5.64. The van der Waals surface area contributed by atoms with E-state index in [1.807, 2.05) is 0 Å². The Morgan fingerprint density at radius 1 is 1.40 bits per heavy atom. The van der Waals surface area contributed by atoms with Gasteiger partial charge in [0.05, 0.1) is 12.2 Å². The van der Waals surface area contributed by atoms with E-state index in [-0.39, 0.29) is 0 Å². The van der Waals surface area contributed by atoms with Crippen LogP contribution in [0.5, 0.6) is 5.75 Å². The molecule has 1 fully saturated rings. The van der Waals surface area contributed by atoms with Crippen molar-refractivity contribution in [3.63, 3.8) is 0 Å². The maximum atomic E-state index is 10.7. The van der Waals surface area contributed by atoms with Crippen molar-refractivity contribution >= 4 is 5.97 Å². The molecule has 0 spiro atoms. The standard InChI is InChI=1S/C16H23NO3/c1-13-4-2-9-17(12-13)10-3-11-20-15-7-5-14(6-8-15)16(18)19/h5-8,13H,2-4,9-12H2,1H3,(H,18,19)/t13-/m1/s1. The van der Waals surface area contributed by atoms with Crippen molar-refractivity contribution < 1.29 is 14.6 Å². The lowest BCUT2D eigenvalue weighted by atomic mass is 10.0. The van der Waals surface area contributed by atoms with Crippen molar-refractivity contribution in [2.24, 2.45) is 5.92 Å². The first-order valence-corrected chi connectivity index (χ1v) is 7.33. The highest BCUT2D eigenvalue weighted by Gasteiger charge is 2.15. The van der Waals surface area contributed by atoms with E-state index in [0.29, 0.717) is 12.2 Å². The molecule has 0 saturated carbocycles. The van der Waals surface area contributed by atoms with E-state index in [2.05, 4.69) is 11.8 Å². The van der Waals surface area contributed by atoms with Crippen LogP contribution in [0.3, 0.4) is 0 Å². The zero-order chi connectivity index (χ0) is 14.4. The smallest absolute Gasteiger partial charge is 0.335 e. The molecule has 1 aromatic rings. The van der Waals surface area contributed by atoms with Crippen LogP contribution < -0.4 is 4.74 Å².